The van der Waals surface area contributed by atoms with Gasteiger partial charge in [0.15, 0.2) is 11.0 Å². The number of ether oxygens (including phenoxy) is 1. The number of anilines is 1. The summed E-state index contributed by atoms with van der Waals surface area (Å²) in [6.45, 7) is 8.28. The van der Waals surface area contributed by atoms with Gasteiger partial charge in [-0.15, -0.1) is 16.8 Å². The summed E-state index contributed by atoms with van der Waals surface area (Å²) in [4.78, 5) is 37.5. The monoisotopic (exact) mass is 589 g/mol. The molecule has 2 N–H and O–H groups in total. The lowest BCUT2D eigenvalue weighted by molar-refractivity contribution is -0.113. The molecule has 9 nitrogen and oxygen atoms in total. The third-order valence-corrected chi connectivity index (χ3v) is 6.97. The Labute approximate surface area is 241 Å². The number of halogens is 2. The molecule has 0 fully saturated rings. The SMILES string of the molecule is C=CCn1c(SCC(=O)Nc2cccc(C(=O)OC)c2)nnc1[C@@H](CC(C)C)NC(=O)c1ccc(Cl)cc1Cl. The summed E-state index contributed by atoms with van der Waals surface area (Å²) in [6.07, 6.45) is 2.29. The van der Waals surface area contributed by atoms with Crippen LogP contribution in [0.1, 0.15) is 52.9 Å². The van der Waals surface area contributed by atoms with Gasteiger partial charge < -0.3 is 19.9 Å². The van der Waals surface area contributed by atoms with Crippen LogP contribution in [0.5, 0.6) is 0 Å². The number of hydrogen-bond acceptors (Lipinski definition) is 7. The number of amides is 2. The molecule has 1 heterocycles. The van der Waals surface area contributed by atoms with Gasteiger partial charge in [-0.2, -0.15) is 0 Å². The quantitative estimate of drug-likeness (QED) is 0.156. The van der Waals surface area contributed by atoms with Crippen molar-refractivity contribution in [3.05, 3.63) is 82.1 Å². The van der Waals surface area contributed by atoms with Gasteiger partial charge in [-0.1, -0.05) is 61.0 Å². The molecule has 2 aromatic carbocycles. The highest BCUT2D eigenvalue weighted by atomic mass is 35.5. The van der Waals surface area contributed by atoms with E-state index in [4.69, 9.17) is 27.9 Å². The predicted octanol–water partition coefficient (Wildman–Crippen LogP) is 5.81. The number of hydrogen-bond donors (Lipinski definition) is 2. The average molecular weight is 591 g/mol. The minimum Gasteiger partial charge on any atom is -0.465 e. The molecule has 0 aliphatic heterocycles. The van der Waals surface area contributed by atoms with Crippen LogP contribution in [-0.4, -0.2) is 45.4 Å². The first-order valence-electron chi connectivity index (χ1n) is 12.0. The Bertz CT molecular complexity index is 1360. The van der Waals surface area contributed by atoms with Gasteiger partial charge in [0.1, 0.15) is 0 Å². The number of thioether (sulfide) groups is 1. The molecule has 2 amide bonds. The Morgan fingerprint density at radius 3 is 2.59 bits per heavy atom. The van der Waals surface area contributed by atoms with Gasteiger partial charge in [-0.05, 0) is 48.7 Å². The molecule has 1 atom stereocenters. The van der Waals surface area contributed by atoms with E-state index in [0.717, 1.165) is 0 Å². The normalized spacial score (nSPS) is 11.6. The topological polar surface area (TPSA) is 115 Å². The fourth-order valence-electron chi connectivity index (χ4n) is 3.74. The molecular formula is C27H29Cl2N5O4S. The van der Waals surface area contributed by atoms with Gasteiger partial charge in [-0.25, -0.2) is 4.79 Å². The lowest BCUT2D eigenvalue weighted by atomic mass is 10.0. The Morgan fingerprint density at radius 2 is 1.92 bits per heavy atom. The van der Waals surface area contributed by atoms with E-state index in [1.807, 2.05) is 18.4 Å². The maximum absolute atomic E-state index is 13.1. The van der Waals surface area contributed by atoms with E-state index < -0.39 is 12.0 Å². The van der Waals surface area contributed by atoms with Crippen LogP contribution in [0.2, 0.25) is 10.0 Å². The number of nitrogens with one attached hydrogen (secondary N) is 2. The fourth-order valence-corrected chi connectivity index (χ4v) is 4.99. The Balaban J connectivity index is 1.77. The van der Waals surface area contributed by atoms with Gasteiger partial charge in [0, 0.05) is 17.3 Å². The van der Waals surface area contributed by atoms with Gasteiger partial charge in [-0.3, -0.25) is 9.59 Å². The number of rotatable bonds is 12. The van der Waals surface area contributed by atoms with Crippen molar-refractivity contribution in [2.75, 3.05) is 18.2 Å². The van der Waals surface area contributed by atoms with E-state index in [1.54, 1.807) is 42.5 Å². The van der Waals surface area contributed by atoms with Crippen molar-refractivity contribution in [2.45, 2.75) is 38.0 Å². The number of esters is 1. The molecule has 0 radical (unpaired) electrons. The van der Waals surface area contributed by atoms with E-state index in [-0.39, 0.29) is 28.5 Å². The molecular weight excluding hydrogens is 561 g/mol. The number of allylic oxidation sites excluding steroid dienone is 1. The van der Waals surface area contributed by atoms with E-state index in [1.165, 1.54) is 24.9 Å². The summed E-state index contributed by atoms with van der Waals surface area (Å²) in [7, 11) is 1.29. The predicted molar refractivity (Wildman–Crippen MR) is 153 cm³/mol. The summed E-state index contributed by atoms with van der Waals surface area (Å²) in [5.74, 6) is -0.339. The highest BCUT2D eigenvalue weighted by Gasteiger charge is 2.25. The molecule has 0 unspecified atom stereocenters. The van der Waals surface area contributed by atoms with Crippen molar-refractivity contribution >= 4 is 58.4 Å². The first-order chi connectivity index (χ1) is 18.6. The number of nitrogens with zero attached hydrogens (tertiary/aromatic N) is 3. The van der Waals surface area contributed by atoms with Crippen molar-refractivity contribution in [3.8, 4) is 0 Å². The average Bonchev–Trinajstić information content (AvgIpc) is 3.29. The van der Waals surface area contributed by atoms with Crippen molar-refractivity contribution in [1.82, 2.24) is 20.1 Å². The fraction of sp³-hybridized carbons (Fsp3) is 0.296. The Morgan fingerprint density at radius 1 is 1.15 bits per heavy atom. The molecule has 1 aromatic heterocycles. The second kappa shape index (κ2) is 14.2. The third-order valence-electron chi connectivity index (χ3n) is 5.46. The van der Waals surface area contributed by atoms with Crippen LogP contribution in [0.25, 0.3) is 0 Å². The van der Waals surface area contributed by atoms with Crippen molar-refractivity contribution in [1.29, 1.82) is 0 Å². The van der Waals surface area contributed by atoms with Crippen LogP contribution < -0.4 is 10.6 Å². The highest BCUT2D eigenvalue weighted by molar-refractivity contribution is 7.99. The molecule has 0 saturated carbocycles. The maximum atomic E-state index is 13.1. The summed E-state index contributed by atoms with van der Waals surface area (Å²) in [5, 5.41) is 15.6. The lowest BCUT2D eigenvalue weighted by Crippen LogP contribution is -2.32. The second-order valence-electron chi connectivity index (χ2n) is 8.93. The standard InChI is InChI=1S/C27H29Cl2N5O4S/c1-5-11-34-24(22(12-16(2)3)31-25(36)20-10-9-18(28)14-21(20)29)32-33-27(34)39-15-23(35)30-19-8-6-7-17(13-19)26(37)38-4/h5-10,13-14,16,22H,1,11-12,15H2,2-4H3,(H,30,35)(H,31,36)/t22-/m1/s1. The van der Waals surface area contributed by atoms with Crippen LogP contribution >= 0.6 is 35.0 Å². The van der Waals surface area contributed by atoms with E-state index in [2.05, 4.69) is 27.4 Å². The number of methoxy groups -OCH3 is 1. The van der Waals surface area contributed by atoms with E-state index in [9.17, 15) is 14.4 Å². The van der Waals surface area contributed by atoms with E-state index >= 15 is 0 Å². The zero-order valence-corrected chi connectivity index (χ0v) is 24.1. The zero-order chi connectivity index (χ0) is 28.5. The first kappa shape index (κ1) is 30.2. The number of carbonyl (C=O) groups is 3. The van der Waals surface area contributed by atoms with Crippen LogP contribution in [0.15, 0.2) is 60.3 Å². The number of benzene rings is 2. The molecule has 206 valence electrons. The molecule has 39 heavy (non-hydrogen) atoms. The van der Waals surface area contributed by atoms with Crippen molar-refractivity contribution in [2.24, 2.45) is 5.92 Å². The van der Waals surface area contributed by atoms with Crippen LogP contribution in [0.4, 0.5) is 5.69 Å². The molecule has 0 saturated heterocycles. The van der Waals surface area contributed by atoms with Crippen LogP contribution in [0.3, 0.4) is 0 Å². The van der Waals surface area contributed by atoms with Gasteiger partial charge in [0.05, 0.1) is 35.1 Å². The number of carbonyl (C=O) groups excluding carboxylic acids is 3. The minimum absolute atomic E-state index is 0.0410. The lowest BCUT2D eigenvalue weighted by Gasteiger charge is -2.21. The molecule has 0 spiro atoms. The summed E-state index contributed by atoms with van der Waals surface area (Å²) in [6, 6.07) is 10.7. The molecule has 3 aromatic rings. The zero-order valence-electron chi connectivity index (χ0n) is 21.7. The smallest absolute Gasteiger partial charge is 0.337 e. The van der Waals surface area contributed by atoms with Gasteiger partial charge in [0.2, 0.25) is 5.91 Å². The van der Waals surface area contributed by atoms with Crippen LogP contribution in [-0.2, 0) is 16.1 Å². The van der Waals surface area contributed by atoms with Gasteiger partial charge in [0.25, 0.3) is 5.91 Å². The maximum Gasteiger partial charge on any atom is 0.337 e. The summed E-state index contributed by atoms with van der Waals surface area (Å²) < 4.78 is 6.54. The van der Waals surface area contributed by atoms with Gasteiger partial charge >= 0.3 is 5.97 Å². The highest BCUT2D eigenvalue weighted by Crippen LogP contribution is 2.27. The first-order valence-corrected chi connectivity index (χ1v) is 13.8. The van der Waals surface area contributed by atoms with Crippen molar-refractivity contribution < 1.29 is 19.1 Å². The van der Waals surface area contributed by atoms with E-state index in [0.29, 0.717) is 45.8 Å². The van der Waals surface area contributed by atoms with Crippen LogP contribution in [0, 0.1) is 5.92 Å². The molecule has 12 heteroatoms. The number of aromatic nitrogens is 3. The molecule has 0 bridgehead atoms. The molecule has 0 aliphatic rings. The largest absolute Gasteiger partial charge is 0.465 e. The summed E-state index contributed by atoms with van der Waals surface area (Å²) >= 11 is 13.4. The second-order valence-corrected chi connectivity index (χ2v) is 10.7. The molecule has 0 aliphatic carbocycles. The third kappa shape index (κ3) is 8.32. The Hall–Kier alpha value is -3.34. The molecule has 3 rings (SSSR count). The summed E-state index contributed by atoms with van der Waals surface area (Å²) in [5.41, 5.74) is 1.10. The Kier molecular flexibility index (Phi) is 11.0. The minimum atomic E-state index is -0.494. The van der Waals surface area contributed by atoms with Crippen molar-refractivity contribution in [3.63, 3.8) is 0 Å².